The maximum absolute atomic E-state index is 3.52. The number of nitrogens with one attached hydrogen (secondary N) is 1. The number of hydrogen-bond acceptors (Lipinski definition) is 2. The molecule has 1 aliphatic rings. The van der Waals surface area contributed by atoms with Gasteiger partial charge in [0.15, 0.2) is 0 Å². The lowest BCUT2D eigenvalue weighted by Crippen LogP contribution is -2.51. The molecular formula is C7H15BrN2. The molecule has 0 amide bonds. The highest BCUT2D eigenvalue weighted by Gasteiger charge is 2.20. The van der Waals surface area contributed by atoms with Crippen molar-refractivity contribution < 1.29 is 0 Å². The van der Waals surface area contributed by atoms with E-state index in [1.807, 2.05) is 0 Å². The van der Waals surface area contributed by atoms with Gasteiger partial charge in [0.05, 0.1) is 0 Å². The molecule has 10 heavy (non-hydrogen) atoms. The highest BCUT2D eigenvalue weighted by molar-refractivity contribution is 9.07. The van der Waals surface area contributed by atoms with Crippen LogP contribution in [0.15, 0.2) is 0 Å². The second-order valence-electron chi connectivity index (χ2n) is 3.00. The maximum Gasteiger partial charge on any atom is 0.0247 e. The summed E-state index contributed by atoms with van der Waals surface area (Å²) >= 11 is 3.50. The molecule has 2 nitrogen and oxygen atoms in total. The third-order valence-electron chi connectivity index (χ3n) is 1.90. The van der Waals surface area contributed by atoms with Crippen LogP contribution >= 0.6 is 16.1 Å². The molecule has 3 heteroatoms. The van der Waals surface area contributed by atoms with E-state index in [-0.39, 0.29) is 0 Å². The number of rotatable bonds is 1. The minimum Gasteiger partial charge on any atom is -0.309 e. The molecule has 0 aliphatic carbocycles. The smallest absolute Gasteiger partial charge is 0.0247 e. The topological polar surface area (TPSA) is 15.3 Å². The minimum absolute atomic E-state index is 0.623. The molecule has 1 aliphatic heterocycles. The van der Waals surface area contributed by atoms with Crippen LogP contribution in [-0.2, 0) is 0 Å². The Balaban J connectivity index is 2.35. The van der Waals surface area contributed by atoms with Gasteiger partial charge in [-0.2, -0.15) is 0 Å². The standard InChI is InChI=1S/C7H15BrN2/c1-3-7-5-10(8)4-6(2)9-7/h6-7,9H,3-5H2,1-2H3/t6-,7-/m0/s1. The molecule has 0 saturated carbocycles. The van der Waals surface area contributed by atoms with Gasteiger partial charge in [0, 0.05) is 41.3 Å². The molecule has 1 fully saturated rings. The summed E-state index contributed by atoms with van der Waals surface area (Å²) in [5.74, 6) is 0. The minimum atomic E-state index is 0.623. The predicted molar refractivity (Wildman–Crippen MR) is 47.2 cm³/mol. The first-order valence-electron chi connectivity index (χ1n) is 3.89. The maximum atomic E-state index is 3.52. The molecule has 1 N–H and O–H groups in total. The van der Waals surface area contributed by atoms with Crippen LogP contribution in [-0.4, -0.2) is 29.1 Å². The van der Waals surface area contributed by atoms with Crippen molar-refractivity contribution in [1.29, 1.82) is 0 Å². The van der Waals surface area contributed by atoms with E-state index in [1.54, 1.807) is 0 Å². The van der Waals surface area contributed by atoms with Crippen molar-refractivity contribution in [3.63, 3.8) is 0 Å². The third-order valence-corrected chi connectivity index (χ3v) is 2.48. The molecule has 0 radical (unpaired) electrons. The van der Waals surface area contributed by atoms with Crippen LogP contribution in [0.5, 0.6) is 0 Å². The van der Waals surface area contributed by atoms with Gasteiger partial charge in [-0.05, 0) is 13.3 Å². The van der Waals surface area contributed by atoms with E-state index >= 15 is 0 Å². The van der Waals surface area contributed by atoms with E-state index in [9.17, 15) is 0 Å². The zero-order chi connectivity index (χ0) is 7.56. The SMILES string of the molecule is CC[C@H]1CN(Br)C[C@H](C)N1. The summed E-state index contributed by atoms with van der Waals surface area (Å²) in [6.45, 7) is 6.67. The van der Waals surface area contributed by atoms with Crippen LogP contribution < -0.4 is 5.32 Å². The van der Waals surface area contributed by atoms with Crippen LogP contribution in [0.25, 0.3) is 0 Å². The van der Waals surface area contributed by atoms with Crippen LogP contribution in [0.4, 0.5) is 0 Å². The van der Waals surface area contributed by atoms with Crippen molar-refractivity contribution in [2.24, 2.45) is 0 Å². The number of hydrogen-bond donors (Lipinski definition) is 1. The van der Waals surface area contributed by atoms with E-state index in [4.69, 9.17) is 0 Å². The molecule has 0 aromatic heterocycles. The Morgan fingerprint density at radius 3 is 2.80 bits per heavy atom. The molecule has 2 atom stereocenters. The molecule has 1 saturated heterocycles. The van der Waals surface area contributed by atoms with Gasteiger partial charge >= 0.3 is 0 Å². The van der Waals surface area contributed by atoms with Crippen molar-refractivity contribution in [2.75, 3.05) is 13.1 Å². The first-order chi connectivity index (χ1) is 4.72. The van der Waals surface area contributed by atoms with E-state index in [2.05, 4.69) is 39.2 Å². The normalized spacial score (nSPS) is 36.3. The summed E-state index contributed by atoms with van der Waals surface area (Å²) in [5.41, 5.74) is 0. The lowest BCUT2D eigenvalue weighted by atomic mass is 10.1. The van der Waals surface area contributed by atoms with Crippen molar-refractivity contribution in [1.82, 2.24) is 9.24 Å². The third kappa shape index (κ3) is 2.22. The van der Waals surface area contributed by atoms with Gasteiger partial charge in [-0.15, -0.1) is 0 Å². The van der Waals surface area contributed by atoms with Crippen molar-refractivity contribution in [2.45, 2.75) is 32.4 Å². The van der Waals surface area contributed by atoms with Gasteiger partial charge in [-0.3, -0.25) is 0 Å². The summed E-state index contributed by atoms with van der Waals surface area (Å²) in [6, 6.07) is 1.29. The Bertz CT molecular complexity index is 97.8. The van der Waals surface area contributed by atoms with Gasteiger partial charge in [0.25, 0.3) is 0 Å². The number of nitrogens with zero attached hydrogens (tertiary/aromatic N) is 1. The molecule has 0 unspecified atom stereocenters. The van der Waals surface area contributed by atoms with Gasteiger partial charge in [0.2, 0.25) is 0 Å². The summed E-state index contributed by atoms with van der Waals surface area (Å²) in [4.78, 5) is 0. The van der Waals surface area contributed by atoms with Crippen LogP contribution in [0, 0.1) is 0 Å². The molecule has 0 aromatic rings. The first-order valence-corrected chi connectivity index (χ1v) is 4.60. The van der Waals surface area contributed by atoms with E-state index in [1.165, 1.54) is 6.42 Å². The second-order valence-corrected chi connectivity index (χ2v) is 4.00. The van der Waals surface area contributed by atoms with Crippen LogP contribution in [0.3, 0.4) is 0 Å². The van der Waals surface area contributed by atoms with Crippen LogP contribution in [0.1, 0.15) is 20.3 Å². The summed E-state index contributed by atoms with van der Waals surface area (Å²) in [7, 11) is 0. The Kier molecular flexibility index (Phi) is 3.14. The molecular weight excluding hydrogens is 192 g/mol. The number of halogens is 1. The van der Waals surface area contributed by atoms with E-state index in [0.29, 0.717) is 12.1 Å². The van der Waals surface area contributed by atoms with Gasteiger partial charge in [0.1, 0.15) is 0 Å². The molecule has 1 rings (SSSR count). The Morgan fingerprint density at radius 1 is 1.60 bits per heavy atom. The van der Waals surface area contributed by atoms with Crippen molar-refractivity contribution in [3.8, 4) is 0 Å². The van der Waals surface area contributed by atoms with Gasteiger partial charge in [-0.1, -0.05) is 6.92 Å². The Morgan fingerprint density at radius 2 is 2.30 bits per heavy atom. The molecule has 0 bridgehead atoms. The van der Waals surface area contributed by atoms with E-state index < -0.39 is 0 Å². The molecule has 0 spiro atoms. The highest BCUT2D eigenvalue weighted by Crippen LogP contribution is 2.09. The zero-order valence-electron chi connectivity index (χ0n) is 6.60. The molecule has 1 heterocycles. The summed E-state index contributed by atoms with van der Waals surface area (Å²) in [6.07, 6.45) is 1.21. The largest absolute Gasteiger partial charge is 0.309 e. The molecule has 0 aromatic carbocycles. The van der Waals surface area contributed by atoms with Crippen molar-refractivity contribution in [3.05, 3.63) is 0 Å². The average molecular weight is 207 g/mol. The average Bonchev–Trinajstić information content (AvgIpc) is 1.85. The van der Waals surface area contributed by atoms with Crippen LogP contribution in [0.2, 0.25) is 0 Å². The monoisotopic (exact) mass is 206 g/mol. The highest BCUT2D eigenvalue weighted by atomic mass is 79.9. The van der Waals surface area contributed by atoms with Crippen molar-refractivity contribution >= 4 is 16.1 Å². The lowest BCUT2D eigenvalue weighted by Gasteiger charge is -2.33. The Hall–Kier alpha value is 0.400. The quantitative estimate of drug-likeness (QED) is 0.653. The lowest BCUT2D eigenvalue weighted by molar-refractivity contribution is 0.271. The molecule has 60 valence electrons. The fraction of sp³-hybridized carbons (Fsp3) is 1.00. The first kappa shape index (κ1) is 8.50. The van der Waals surface area contributed by atoms with E-state index in [0.717, 1.165) is 13.1 Å². The Labute approximate surface area is 71.3 Å². The predicted octanol–water partition coefficient (Wildman–Crippen LogP) is 1.37. The van der Waals surface area contributed by atoms with Gasteiger partial charge in [-0.25, -0.2) is 3.93 Å². The summed E-state index contributed by atoms with van der Waals surface area (Å²) < 4.78 is 2.21. The van der Waals surface area contributed by atoms with Gasteiger partial charge < -0.3 is 5.32 Å². The zero-order valence-corrected chi connectivity index (χ0v) is 8.19. The number of piperazine rings is 1. The fourth-order valence-electron chi connectivity index (χ4n) is 1.37. The summed E-state index contributed by atoms with van der Waals surface area (Å²) in [5, 5.41) is 3.52. The second kappa shape index (κ2) is 3.69. The fourth-order valence-corrected chi connectivity index (χ4v) is 2.15.